The normalized spacial score (nSPS) is 16.3. The number of para-hydroxylation sites is 1. The monoisotopic (exact) mass is 318 g/mol. The minimum atomic E-state index is 0.0700. The number of anilines is 1. The average Bonchev–Trinajstić information content (AvgIpc) is 2.49. The molecule has 0 aromatic heterocycles. The molecule has 2 N–H and O–H groups in total. The first-order valence-corrected chi connectivity index (χ1v) is 9.00. The van der Waals surface area contributed by atoms with Crippen molar-refractivity contribution in [2.24, 2.45) is 0 Å². The van der Waals surface area contributed by atoms with Crippen LogP contribution >= 0.6 is 11.8 Å². The Labute approximate surface area is 136 Å². The number of nitriles is 1. The Bertz CT molecular complexity index is 519. The van der Waals surface area contributed by atoms with Crippen molar-refractivity contribution in [1.29, 1.82) is 5.26 Å². The van der Waals surface area contributed by atoms with Crippen LogP contribution in [0.4, 0.5) is 5.69 Å². The lowest BCUT2D eigenvalue weighted by molar-refractivity contribution is -0.892. The van der Waals surface area contributed by atoms with Gasteiger partial charge in [-0.25, -0.2) is 0 Å². The number of amides is 1. The van der Waals surface area contributed by atoms with Crippen molar-refractivity contribution in [3.63, 3.8) is 0 Å². The third-order valence-electron chi connectivity index (χ3n) is 3.92. The molecule has 0 radical (unpaired) electrons. The zero-order valence-electron chi connectivity index (χ0n) is 12.9. The van der Waals surface area contributed by atoms with E-state index in [1.165, 1.54) is 48.8 Å². The highest BCUT2D eigenvalue weighted by molar-refractivity contribution is 7.99. The summed E-state index contributed by atoms with van der Waals surface area (Å²) in [6, 6.07) is 9.81. The highest BCUT2D eigenvalue weighted by Gasteiger charge is 2.16. The lowest BCUT2D eigenvalue weighted by atomic mass is 10.1. The Morgan fingerprint density at radius 1 is 1.18 bits per heavy atom. The first-order valence-electron chi connectivity index (χ1n) is 8.02. The van der Waals surface area contributed by atoms with Crippen LogP contribution in [0.3, 0.4) is 0 Å². The van der Waals surface area contributed by atoms with E-state index in [0.717, 1.165) is 23.7 Å². The van der Waals surface area contributed by atoms with E-state index in [1.54, 1.807) is 0 Å². The maximum atomic E-state index is 12.3. The van der Waals surface area contributed by atoms with Gasteiger partial charge in [0.1, 0.15) is 0 Å². The Morgan fingerprint density at radius 2 is 1.86 bits per heavy atom. The first kappa shape index (κ1) is 16.9. The number of hydrogen-bond donors (Lipinski definition) is 2. The van der Waals surface area contributed by atoms with Gasteiger partial charge in [-0.1, -0.05) is 18.6 Å². The number of carbonyl (C=O) groups excluding carboxylic acids is 1. The van der Waals surface area contributed by atoms with Crippen molar-refractivity contribution in [3.05, 3.63) is 24.3 Å². The molecule has 0 spiro atoms. The second-order valence-corrected chi connectivity index (χ2v) is 6.70. The highest BCUT2D eigenvalue weighted by atomic mass is 32.2. The van der Waals surface area contributed by atoms with Gasteiger partial charge in [0.05, 0.1) is 30.6 Å². The minimum Gasteiger partial charge on any atom is -0.327 e. The van der Waals surface area contributed by atoms with E-state index in [4.69, 9.17) is 5.26 Å². The summed E-state index contributed by atoms with van der Waals surface area (Å²) in [7, 11) is 0. The number of rotatable bonds is 5. The number of likely N-dealkylation sites (tertiary alicyclic amines) is 1. The molecule has 1 aromatic rings. The van der Waals surface area contributed by atoms with Crippen LogP contribution in [0.1, 0.15) is 32.1 Å². The van der Waals surface area contributed by atoms with Gasteiger partial charge in [-0.2, -0.15) is 5.26 Å². The first-order chi connectivity index (χ1) is 10.8. The molecule has 22 heavy (non-hydrogen) atoms. The molecule has 0 atom stereocenters. The number of quaternary nitrogens is 1. The molecule has 4 nitrogen and oxygen atoms in total. The SMILES string of the molecule is N#CCSc1ccccc1NC(=O)C[NH+]1CCCCCCC1. The molecule has 0 bridgehead atoms. The maximum absolute atomic E-state index is 12.3. The summed E-state index contributed by atoms with van der Waals surface area (Å²) in [5.41, 5.74) is 0.819. The molecular weight excluding hydrogens is 294 g/mol. The van der Waals surface area contributed by atoms with Crippen LogP contribution in [-0.2, 0) is 4.79 Å². The van der Waals surface area contributed by atoms with Gasteiger partial charge in [-0.3, -0.25) is 4.79 Å². The van der Waals surface area contributed by atoms with Gasteiger partial charge in [0.2, 0.25) is 0 Å². The van der Waals surface area contributed by atoms with Crippen molar-refractivity contribution in [3.8, 4) is 6.07 Å². The molecule has 0 aliphatic carbocycles. The lowest BCUT2D eigenvalue weighted by Crippen LogP contribution is -3.13. The Morgan fingerprint density at radius 3 is 2.59 bits per heavy atom. The average molecular weight is 318 g/mol. The molecule has 1 amide bonds. The summed E-state index contributed by atoms with van der Waals surface area (Å²) in [5.74, 6) is 0.463. The fourth-order valence-electron chi connectivity index (χ4n) is 2.81. The van der Waals surface area contributed by atoms with Gasteiger partial charge in [-0.15, -0.1) is 11.8 Å². The van der Waals surface area contributed by atoms with Crippen LogP contribution in [0, 0.1) is 11.3 Å². The van der Waals surface area contributed by atoms with Gasteiger partial charge in [0, 0.05) is 4.90 Å². The molecular formula is C17H24N3OS+. The largest absolute Gasteiger partial charge is 0.327 e. The summed E-state index contributed by atoms with van der Waals surface area (Å²) < 4.78 is 0. The molecule has 118 valence electrons. The van der Waals surface area contributed by atoms with E-state index in [9.17, 15) is 4.79 Å². The van der Waals surface area contributed by atoms with Crippen LogP contribution < -0.4 is 10.2 Å². The molecule has 0 unspecified atom stereocenters. The summed E-state index contributed by atoms with van der Waals surface area (Å²) in [4.78, 5) is 14.6. The molecule has 5 heteroatoms. The van der Waals surface area contributed by atoms with Gasteiger partial charge < -0.3 is 10.2 Å². The maximum Gasteiger partial charge on any atom is 0.279 e. The number of carbonyl (C=O) groups is 1. The molecule has 1 heterocycles. The van der Waals surface area contributed by atoms with Crippen molar-refractivity contribution in [2.75, 3.05) is 30.7 Å². The van der Waals surface area contributed by atoms with Crippen LogP contribution in [0.25, 0.3) is 0 Å². The van der Waals surface area contributed by atoms with E-state index < -0.39 is 0 Å². The summed E-state index contributed by atoms with van der Waals surface area (Å²) in [5, 5.41) is 11.7. The summed E-state index contributed by atoms with van der Waals surface area (Å²) in [6.45, 7) is 2.73. The van der Waals surface area contributed by atoms with E-state index in [1.807, 2.05) is 24.3 Å². The standard InChI is InChI=1S/C17H23N3OS/c18-10-13-22-16-9-5-4-8-15(16)19-17(21)14-20-11-6-2-1-3-7-12-20/h4-5,8-9H,1-3,6-7,11-14H2,(H,19,21)/p+1. The van der Waals surface area contributed by atoms with Gasteiger partial charge in [0.25, 0.3) is 5.91 Å². The number of benzene rings is 1. The summed E-state index contributed by atoms with van der Waals surface area (Å²) in [6.07, 6.45) is 6.36. The van der Waals surface area contributed by atoms with Crippen molar-refractivity contribution >= 4 is 23.4 Å². The van der Waals surface area contributed by atoms with E-state index >= 15 is 0 Å². The number of thioether (sulfide) groups is 1. The predicted molar refractivity (Wildman–Crippen MR) is 90.1 cm³/mol. The molecule has 1 fully saturated rings. The Balaban J connectivity index is 1.89. The highest BCUT2D eigenvalue weighted by Crippen LogP contribution is 2.26. The number of hydrogen-bond acceptors (Lipinski definition) is 3. The topological polar surface area (TPSA) is 57.3 Å². The quantitative estimate of drug-likeness (QED) is 0.817. The third kappa shape index (κ3) is 5.70. The van der Waals surface area contributed by atoms with Crippen molar-refractivity contribution in [1.82, 2.24) is 0 Å². The Kier molecular flexibility index (Phi) is 7.27. The van der Waals surface area contributed by atoms with Gasteiger partial charge >= 0.3 is 0 Å². The molecule has 1 saturated heterocycles. The number of nitrogens with zero attached hydrogens (tertiary/aromatic N) is 1. The molecule has 1 aromatic carbocycles. The van der Waals surface area contributed by atoms with Crippen molar-refractivity contribution < 1.29 is 9.69 Å². The van der Waals surface area contributed by atoms with E-state index in [-0.39, 0.29) is 5.91 Å². The minimum absolute atomic E-state index is 0.0700. The van der Waals surface area contributed by atoms with E-state index in [2.05, 4.69) is 11.4 Å². The van der Waals surface area contributed by atoms with Crippen LogP contribution in [0.15, 0.2) is 29.2 Å². The lowest BCUT2D eigenvalue weighted by Gasteiger charge is -2.21. The Hall–Kier alpha value is -1.51. The van der Waals surface area contributed by atoms with E-state index in [0.29, 0.717) is 12.3 Å². The third-order valence-corrected chi connectivity index (χ3v) is 4.87. The zero-order chi connectivity index (χ0) is 15.6. The molecule has 1 aliphatic heterocycles. The fourth-order valence-corrected chi connectivity index (χ4v) is 3.48. The second-order valence-electron chi connectivity index (χ2n) is 5.69. The van der Waals surface area contributed by atoms with Crippen LogP contribution in [0.5, 0.6) is 0 Å². The fraction of sp³-hybridized carbons (Fsp3) is 0.529. The van der Waals surface area contributed by atoms with Crippen molar-refractivity contribution in [2.45, 2.75) is 37.0 Å². The second kappa shape index (κ2) is 9.50. The van der Waals surface area contributed by atoms with Gasteiger partial charge in [0.15, 0.2) is 6.54 Å². The summed E-state index contributed by atoms with van der Waals surface area (Å²) >= 11 is 1.46. The molecule has 0 saturated carbocycles. The van der Waals surface area contributed by atoms with Crippen LogP contribution in [-0.4, -0.2) is 31.3 Å². The molecule has 2 rings (SSSR count). The van der Waals surface area contributed by atoms with Crippen LogP contribution in [0.2, 0.25) is 0 Å². The zero-order valence-corrected chi connectivity index (χ0v) is 13.8. The predicted octanol–water partition coefficient (Wildman–Crippen LogP) is 2.09. The number of nitrogens with one attached hydrogen (secondary N) is 2. The molecule has 1 aliphatic rings. The smallest absolute Gasteiger partial charge is 0.279 e. The van der Waals surface area contributed by atoms with Gasteiger partial charge in [-0.05, 0) is 37.8 Å².